The molecule has 0 aliphatic rings. The van der Waals surface area contributed by atoms with E-state index >= 15 is 0 Å². The van der Waals surface area contributed by atoms with Crippen molar-refractivity contribution < 1.29 is 25.2 Å². The zero-order valence-electron chi connectivity index (χ0n) is 4.40. The first-order chi connectivity index (χ1) is 4.04. The van der Waals surface area contributed by atoms with Crippen molar-refractivity contribution in [3.05, 3.63) is 11.7 Å². The van der Waals surface area contributed by atoms with Gasteiger partial charge >= 0.3 is 11.9 Å². The lowest BCUT2D eigenvalue weighted by atomic mass is 10.4. The summed E-state index contributed by atoms with van der Waals surface area (Å²) in [6, 6.07) is 0. The lowest BCUT2D eigenvalue weighted by molar-refractivity contribution is -0.136. The highest BCUT2D eigenvalue weighted by Crippen LogP contribution is 1.98. The van der Waals surface area contributed by atoms with Crippen LogP contribution in [0.15, 0.2) is 11.7 Å². The molecule has 0 saturated carbocycles. The van der Waals surface area contributed by atoms with E-state index in [4.69, 9.17) is 20.4 Å². The van der Waals surface area contributed by atoms with Crippen molar-refractivity contribution in [1.29, 1.82) is 0 Å². The molecule has 5 nitrogen and oxygen atoms in total. The largest absolute Gasteiger partial charge is 0.505 e. The predicted molar refractivity (Wildman–Crippen MR) is 27.2 cm³/mol. The molecular weight excluding hydrogens is 128 g/mol. The van der Waals surface area contributed by atoms with Gasteiger partial charge in [-0.15, -0.1) is 0 Å². The lowest BCUT2D eigenvalue weighted by Crippen LogP contribution is -1.99. The first kappa shape index (κ1) is 7.61. The third-order valence-corrected chi connectivity index (χ3v) is 0.577. The average Bonchev–Trinajstić information content (AvgIpc) is 1.63. The zero-order valence-corrected chi connectivity index (χ0v) is 4.40. The minimum absolute atomic E-state index is 0.775. The summed E-state index contributed by atoms with van der Waals surface area (Å²) in [7, 11) is 0. The number of carboxylic acids is 1. The van der Waals surface area contributed by atoms with E-state index in [2.05, 4.69) is 0 Å². The summed E-state index contributed by atoms with van der Waals surface area (Å²) in [5, 5.41) is 32.2. The predicted octanol–water partition coefficient (Wildman–Crippen LogP) is 0.304. The van der Waals surface area contributed by atoms with Crippen LogP contribution >= 0.6 is 0 Å². The Labute approximate surface area is 50.5 Å². The molecule has 0 saturated heterocycles. The Kier molecular flexibility index (Phi) is 2.37. The van der Waals surface area contributed by atoms with Gasteiger partial charge in [0.1, 0.15) is 6.42 Å². The lowest BCUT2D eigenvalue weighted by Gasteiger charge is -1.92. The first-order valence-electron chi connectivity index (χ1n) is 2.06. The summed E-state index contributed by atoms with van der Waals surface area (Å²) in [6.45, 7) is 0. The van der Waals surface area contributed by atoms with Gasteiger partial charge in [0.25, 0.3) is 0 Å². The van der Waals surface area contributed by atoms with Gasteiger partial charge < -0.3 is 20.4 Å². The van der Waals surface area contributed by atoms with Gasteiger partial charge in [0.05, 0.1) is 0 Å². The molecule has 0 fully saturated rings. The highest BCUT2D eigenvalue weighted by Gasteiger charge is 2.06. The molecule has 0 bridgehead atoms. The Balaban J connectivity index is 3.92. The van der Waals surface area contributed by atoms with E-state index in [1.807, 2.05) is 0 Å². The number of hydrogen-bond acceptors (Lipinski definition) is 4. The molecule has 0 aliphatic heterocycles. The van der Waals surface area contributed by atoms with Crippen LogP contribution in [0.2, 0.25) is 0 Å². The molecule has 0 rings (SSSR count). The maximum atomic E-state index is 9.70. The fraction of sp³-hybridized carbons (Fsp3) is 0.250. The Morgan fingerprint density at radius 3 is 1.67 bits per heavy atom. The third-order valence-electron chi connectivity index (χ3n) is 0.577. The first-order valence-corrected chi connectivity index (χ1v) is 2.06. The molecule has 5 heteroatoms. The van der Waals surface area contributed by atoms with Gasteiger partial charge in [0.15, 0.2) is 5.76 Å². The molecule has 0 unspecified atom stereocenters. The van der Waals surface area contributed by atoms with Crippen molar-refractivity contribution in [3.8, 4) is 0 Å². The Bertz CT molecular complexity index is 143. The molecule has 0 aromatic rings. The maximum Gasteiger partial charge on any atom is 0.314 e. The summed E-state index contributed by atoms with van der Waals surface area (Å²) in [6.07, 6.45) is -0.775. The summed E-state index contributed by atoms with van der Waals surface area (Å²) in [5.41, 5.74) is 0. The van der Waals surface area contributed by atoms with E-state index in [-0.39, 0.29) is 0 Å². The number of carboxylic acid groups (broad SMARTS) is 1. The molecule has 0 aromatic carbocycles. The van der Waals surface area contributed by atoms with Crippen LogP contribution in [0.4, 0.5) is 0 Å². The second-order valence-electron chi connectivity index (χ2n) is 1.34. The van der Waals surface area contributed by atoms with Crippen LogP contribution in [0.1, 0.15) is 6.42 Å². The van der Waals surface area contributed by atoms with E-state index < -0.39 is 24.1 Å². The van der Waals surface area contributed by atoms with Crippen molar-refractivity contribution >= 4 is 5.97 Å². The van der Waals surface area contributed by atoms with Gasteiger partial charge in [-0.2, -0.15) is 0 Å². The van der Waals surface area contributed by atoms with Crippen molar-refractivity contribution in [1.82, 2.24) is 0 Å². The normalized spacial score (nSPS) is 8.44. The number of aliphatic carboxylic acids is 1. The van der Waals surface area contributed by atoms with E-state index in [0.717, 1.165) is 0 Å². The van der Waals surface area contributed by atoms with Gasteiger partial charge in [-0.1, -0.05) is 0 Å². The molecule has 9 heavy (non-hydrogen) atoms. The van der Waals surface area contributed by atoms with E-state index in [0.29, 0.717) is 0 Å². The minimum atomic E-state index is -1.35. The molecule has 4 N–H and O–H groups in total. The second kappa shape index (κ2) is 2.81. The van der Waals surface area contributed by atoms with Crippen LogP contribution in [0.25, 0.3) is 0 Å². The summed E-state index contributed by atoms with van der Waals surface area (Å²) in [4.78, 5) is 9.70. The van der Waals surface area contributed by atoms with E-state index in [1.54, 1.807) is 0 Å². The highest BCUT2D eigenvalue weighted by molar-refractivity contribution is 5.69. The van der Waals surface area contributed by atoms with Crippen LogP contribution < -0.4 is 0 Å². The van der Waals surface area contributed by atoms with E-state index in [1.165, 1.54) is 0 Å². The monoisotopic (exact) mass is 134 g/mol. The number of aliphatic hydroxyl groups is 3. The number of carbonyl (C=O) groups is 1. The number of hydrogen-bond donors (Lipinski definition) is 4. The van der Waals surface area contributed by atoms with Gasteiger partial charge in [-0.25, -0.2) is 0 Å². The van der Waals surface area contributed by atoms with Crippen molar-refractivity contribution in [2.45, 2.75) is 6.42 Å². The highest BCUT2D eigenvalue weighted by atomic mass is 16.5. The Hall–Kier alpha value is -1.39. The van der Waals surface area contributed by atoms with Crippen molar-refractivity contribution in [2.75, 3.05) is 0 Å². The second-order valence-corrected chi connectivity index (χ2v) is 1.34. The number of aliphatic hydroxyl groups excluding tert-OH is 2. The van der Waals surface area contributed by atoms with Gasteiger partial charge in [-0.05, 0) is 0 Å². The van der Waals surface area contributed by atoms with E-state index in [9.17, 15) is 4.79 Å². The van der Waals surface area contributed by atoms with Gasteiger partial charge in [0.2, 0.25) is 0 Å². The molecule has 0 spiro atoms. The van der Waals surface area contributed by atoms with Crippen LogP contribution in [0, 0.1) is 0 Å². The van der Waals surface area contributed by atoms with Crippen molar-refractivity contribution in [2.24, 2.45) is 0 Å². The summed E-state index contributed by atoms with van der Waals surface area (Å²) < 4.78 is 0. The quantitative estimate of drug-likeness (QED) is 0.407. The fourth-order valence-corrected chi connectivity index (χ4v) is 0.222. The zero-order chi connectivity index (χ0) is 7.44. The van der Waals surface area contributed by atoms with Crippen molar-refractivity contribution in [3.63, 3.8) is 0 Å². The van der Waals surface area contributed by atoms with Crippen LogP contribution in [-0.2, 0) is 4.79 Å². The molecule has 0 radical (unpaired) electrons. The standard InChI is InChI=1S/C4H6O5/c5-2(4(8)9)1-3(6)7/h5,8-9H,1H2,(H,6,7). The molecule has 0 atom stereocenters. The Morgan fingerprint density at radius 2 is 1.56 bits per heavy atom. The molecule has 0 amide bonds. The van der Waals surface area contributed by atoms with Gasteiger partial charge in [0, 0.05) is 0 Å². The number of rotatable bonds is 2. The molecule has 0 aromatic heterocycles. The SMILES string of the molecule is O=C(O)CC(O)=C(O)O. The molecule has 0 heterocycles. The van der Waals surface area contributed by atoms with Crippen LogP contribution in [-0.4, -0.2) is 26.4 Å². The van der Waals surface area contributed by atoms with Gasteiger partial charge in [-0.3, -0.25) is 4.79 Å². The van der Waals surface area contributed by atoms with Crippen LogP contribution in [0.5, 0.6) is 0 Å². The summed E-state index contributed by atoms with van der Waals surface area (Å²) >= 11 is 0. The average molecular weight is 134 g/mol. The van der Waals surface area contributed by atoms with Crippen LogP contribution in [0.3, 0.4) is 0 Å². The molecular formula is C4H6O5. The maximum absolute atomic E-state index is 9.70. The third kappa shape index (κ3) is 3.22. The molecule has 0 aliphatic carbocycles. The smallest absolute Gasteiger partial charge is 0.314 e. The fourth-order valence-electron chi connectivity index (χ4n) is 0.222. The minimum Gasteiger partial charge on any atom is -0.505 e. The topological polar surface area (TPSA) is 98.0 Å². The molecule has 52 valence electrons. The summed E-state index contributed by atoms with van der Waals surface area (Å²) in [5.74, 6) is -3.62. The Morgan fingerprint density at radius 1 is 1.11 bits per heavy atom.